The fourth-order valence-corrected chi connectivity index (χ4v) is 2.75. The number of carbonyl (C=O) groups excluding carboxylic acids is 1. The highest BCUT2D eigenvalue weighted by atomic mass is 19.4. The molecule has 4 rings (SSSR count). The fraction of sp³-hybridized carbons (Fsp3) is 0.150. The van der Waals surface area contributed by atoms with Crippen molar-refractivity contribution in [1.29, 1.82) is 0 Å². The smallest absolute Gasteiger partial charge is 0.471 e. The molecule has 0 bridgehead atoms. The number of methoxy groups -OCH3 is 1. The van der Waals surface area contributed by atoms with E-state index in [0.717, 1.165) is 5.56 Å². The largest absolute Gasteiger partial charge is 0.497 e. The highest BCUT2D eigenvalue weighted by Crippen LogP contribution is 2.29. The van der Waals surface area contributed by atoms with Crippen molar-refractivity contribution in [2.45, 2.75) is 12.7 Å². The molecule has 0 radical (unpaired) electrons. The third kappa shape index (κ3) is 4.74. The van der Waals surface area contributed by atoms with E-state index in [1.165, 1.54) is 10.9 Å². The summed E-state index contributed by atoms with van der Waals surface area (Å²) >= 11 is 0. The van der Waals surface area contributed by atoms with E-state index in [2.05, 4.69) is 30.3 Å². The maximum atomic E-state index is 12.6. The van der Waals surface area contributed by atoms with Crippen LogP contribution >= 0.6 is 0 Å². The quantitative estimate of drug-likeness (QED) is 0.484. The molecule has 0 atom stereocenters. The third-order valence-corrected chi connectivity index (χ3v) is 4.34. The molecule has 32 heavy (non-hydrogen) atoms. The summed E-state index contributed by atoms with van der Waals surface area (Å²) in [6, 6.07) is 13.3. The van der Waals surface area contributed by atoms with E-state index < -0.39 is 18.0 Å². The van der Waals surface area contributed by atoms with E-state index in [1.807, 2.05) is 0 Å². The number of aromatic nitrogens is 5. The average molecular weight is 444 g/mol. The molecule has 2 aromatic carbocycles. The molecule has 2 heterocycles. The van der Waals surface area contributed by atoms with Gasteiger partial charge in [-0.1, -0.05) is 34.6 Å². The van der Waals surface area contributed by atoms with E-state index in [4.69, 9.17) is 4.74 Å². The minimum absolute atomic E-state index is 0.129. The lowest BCUT2D eigenvalue weighted by atomic mass is 10.1. The molecule has 164 valence electrons. The third-order valence-electron chi connectivity index (χ3n) is 4.34. The molecule has 0 fully saturated rings. The number of alkyl halides is 3. The van der Waals surface area contributed by atoms with Crippen molar-refractivity contribution in [2.75, 3.05) is 12.4 Å². The van der Waals surface area contributed by atoms with Crippen LogP contribution in [0.5, 0.6) is 5.75 Å². The Balaban J connectivity index is 1.39. The minimum Gasteiger partial charge on any atom is -0.497 e. The summed E-state index contributed by atoms with van der Waals surface area (Å²) in [4.78, 5) is 15.7. The number of rotatable bonds is 6. The molecule has 4 aromatic rings. The number of nitrogens with one attached hydrogen (secondary N) is 1. The van der Waals surface area contributed by atoms with Gasteiger partial charge in [-0.25, -0.2) is 4.68 Å². The fourth-order valence-electron chi connectivity index (χ4n) is 2.75. The maximum absolute atomic E-state index is 12.6. The Morgan fingerprint density at radius 2 is 1.84 bits per heavy atom. The lowest BCUT2D eigenvalue weighted by Gasteiger charge is -2.04. The molecule has 0 saturated heterocycles. The predicted octanol–water partition coefficient (Wildman–Crippen LogP) is 3.66. The van der Waals surface area contributed by atoms with Gasteiger partial charge in [-0.15, -0.1) is 5.10 Å². The first-order valence-electron chi connectivity index (χ1n) is 9.17. The number of halogens is 3. The minimum atomic E-state index is -4.70. The molecule has 0 spiro atoms. The lowest BCUT2D eigenvalue weighted by Crippen LogP contribution is -2.12. The summed E-state index contributed by atoms with van der Waals surface area (Å²) < 4.78 is 48.5. The van der Waals surface area contributed by atoms with Crippen molar-refractivity contribution in [3.05, 3.63) is 71.9 Å². The van der Waals surface area contributed by atoms with E-state index in [-0.39, 0.29) is 11.5 Å². The first-order chi connectivity index (χ1) is 15.3. The predicted molar refractivity (Wildman–Crippen MR) is 105 cm³/mol. The van der Waals surface area contributed by atoms with E-state index in [9.17, 15) is 18.0 Å². The number of benzene rings is 2. The molecule has 0 saturated carbocycles. The summed E-state index contributed by atoms with van der Waals surface area (Å²) in [5.41, 5.74) is 1.85. The van der Waals surface area contributed by atoms with Gasteiger partial charge < -0.3 is 14.6 Å². The second-order valence-corrected chi connectivity index (χ2v) is 6.60. The molecule has 1 N–H and O–H groups in total. The van der Waals surface area contributed by atoms with Crippen LogP contribution in [0.4, 0.5) is 18.9 Å². The van der Waals surface area contributed by atoms with Crippen molar-refractivity contribution in [2.24, 2.45) is 0 Å². The standard InChI is InChI=1S/C20H15F3N6O3/c1-31-15-8-6-14(7-9-15)24-18(30)16-11-29(28-26-16)10-12-2-4-13(5-3-12)17-25-19(32-27-17)20(21,22)23/h2-9,11H,10H2,1H3,(H,24,30). The zero-order valence-electron chi connectivity index (χ0n) is 16.5. The summed E-state index contributed by atoms with van der Waals surface area (Å²) in [6.45, 7) is 0.295. The molecule has 0 aliphatic carbocycles. The average Bonchev–Trinajstić information content (AvgIpc) is 3.45. The van der Waals surface area contributed by atoms with E-state index in [1.54, 1.807) is 55.6 Å². The van der Waals surface area contributed by atoms with Gasteiger partial charge in [0.15, 0.2) is 5.69 Å². The van der Waals surface area contributed by atoms with Crippen LogP contribution in [0.3, 0.4) is 0 Å². The molecular formula is C20H15F3N6O3. The molecule has 2 aromatic heterocycles. The van der Waals surface area contributed by atoms with Gasteiger partial charge in [-0.05, 0) is 29.8 Å². The Morgan fingerprint density at radius 1 is 1.12 bits per heavy atom. The Labute approximate surface area is 178 Å². The topological polar surface area (TPSA) is 108 Å². The zero-order chi connectivity index (χ0) is 22.7. The van der Waals surface area contributed by atoms with Crippen LogP contribution in [-0.2, 0) is 12.7 Å². The molecule has 0 unspecified atom stereocenters. The summed E-state index contributed by atoms with van der Waals surface area (Å²) in [6.07, 6.45) is -3.21. The van der Waals surface area contributed by atoms with Crippen LogP contribution in [-0.4, -0.2) is 38.2 Å². The molecule has 1 amide bonds. The van der Waals surface area contributed by atoms with Gasteiger partial charge in [-0.2, -0.15) is 18.2 Å². The van der Waals surface area contributed by atoms with Crippen LogP contribution in [0.2, 0.25) is 0 Å². The Kier molecular flexibility index (Phi) is 5.58. The first kappa shape index (κ1) is 21.0. The SMILES string of the molecule is COc1ccc(NC(=O)c2cn(Cc3ccc(-c4noc(C(F)(F)F)n4)cc3)nn2)cc1. The number of ether oxygens (including phenoxy) is 1. The van der Waals surface area contributed by atoms with Crippen molar-refractivity contribution in [3.63, 3.8) is 0 Å². The number of nitrogens with zero attached hydrogens (tertiary/aromatic N) is 5. The van der Waals surface area contributed by atoms with Gasteiger partial charge in [0, 0.05) is 11.3 Å². The molecule has 0 aliphatic heterocycles. The van der Waals surface area contributed by atoms with Crippen LogP contribution in [0.25, 0.3) is 11.4 Å². The van der Waals surface area contributed by atoms with Crippen LogP contribution in [0, 0.1) is 0 Å². The second kappa shape index (κ2) is 8.49. The number of hydrogen-bond donors (Lipinski definition) is 1. The molecular weight excluding hydrogens is 429 g/mol. The van der Waals surface area contributed by atoms with Gasteiger partial charge in [0.05, 0.1) is 19.9 Å². The van der Waals surface area contributed by atoms with Gasteiger partial charge >= 0.3 is 12.1 Å². The van der Waals surface area contributed by atoms with Crippen molar-refractivity contribution >= 4 is 11.6 Å². The van der Waals surface area contributed by atoms with Crippen LogP contribution < -0.4 is 10.1 Å². The van der Waals surface area contributed by atoms with Crippen LogP contribution in [0.15, 0.2) is 59.3 Å². The van der Waals surface area contributed by atoms with Gasteiger partial charge in [0.25, 0.3) is 5.91 Å². The number of hydrogen-bond acceptors (Lipinski definition) is 7. The number of carbonyl (C=O) groups is 1. The van der Waals surface area contributed by atoms with Crippen LogP contribution in [0.1, 0.15) is 21.9 Å². The van der Waals surface area contributed by atoms with E-state index in [0.29, 0.717) is 23.5 Å². The summed E-state index contributed by atoms with van der Waals surface area (Å²) in [5.74, 6) is -1.32. The zero-order valence-corrected chi connectivity index (χ0v) is 16.5. The van der Waals surface area contributed by atoms with Crippen molar-refractivity contribution in [3.8, 4) is 17.1 Å². The van der Waals surface area contributed by atoms with Crippen molar-refractivity contribution in [1.82, 2.24) is 25.1 Å². The summed E-state index contributed by atoms with van der Waals surface area (Å²) in [7, 11) is 1.55. The highest BCUT2D eigenvalue weighted by Gasteiger charge is 2.38. The Hall–Kier alpha value is -4.22. The maximum Gasteiger partial charge on any atom is 0.471 e. The lowest BCUT2D eigenvalue weighted by molar-refractivity contribution is -0.159. The van der Waals surface area contributed by atoms with Gasteiger partial charge in [0.1, 0.15) is 5.75 Å². The monoisotopic (exact) mass is 444 g/mol. The highest BCUT2D eigenvalue weighted by molar-refractivity contribution is 6.02. The van der Waals surface area contributed by atoms with Gasteiger partial charge in [-0.3, -0.25) is 4.79 Å². The molecule has 12 heteroatoms. The van der Waals surface area contributed by atoms with Crippen molar-refractivity contribution < 1.29 is 27.2 Å². The van der Waals surface area contributed by atoms with E-state index >= 15 is 0 Å². The Bertz CT molecular complexity index is 1220. The normalized spacial score (nSPS) is 11.4. The van der Waals surface area contributed by atoms with Gasteiger partial charge in [0.2, 0.25) is 5.82 Å². The number of amides is 1. The summed E-state index contributed by atoms with van der Waals surface area (Å²) in [5, 5.41) is 13.9. The Morgan fingerprint density at radius 3 is 2.47 bits per heavy atom. The molecule has 0 aliphatic rings. The molecule has 9 nitrogen and oxygen atoms in total. The first-order valence-corrected chi connectivity index (χ1v) is 9.17. The second-order valence-electron chi connectivity index (χ2n) is 6.60. The number of anilines is 1.